The van der Waals surface area contributed by atoms with Crippen molar-refractivity contribution in [2.24, 2.45) is 0 Å². The van der Waals surface area contributed by atoms with Crippen LogP contribution in [-0.2, 0) is 0 Å². The fourth-order valence-corrected chi connectivity index (χ4v) is 2.05. The van der Waals surface area contributed by atoms with Gasteiger partial charge in [-0.05, 0) is 0 Å². The van der Waals surface area contributed by atoms with E-state index in [9.17, 15) is 9.59 Å². The van der Waals surface area contributed by atoms with Crippen LogP contribution >= 0.6 is 0 Å². The Hall–Kier alpha value is -1.22. The molecule has 0 unspecified atom stereocenters. The summed E-state index contributed by atoms with van der Waals surface area (Å²) in [4.78, 5) is 24.2. The molecular weight excluding hydrogens is 223 g/mol. The van der Waals surface area contributed by atoms with Crippen LogP contribution in [0.5, 0.6) is 0 Å². The van der Waals surface area contributed by atoms with Gasteiger partial charge < -0.3 is 0 Å². The first-order valence-corrected chi connectivity index (χ1v) is 5.06. The number of fused-ring (bicyclic) bond motifs is 2. The molecule has 0 saturated heterocycles. The summed E-state index contributed by atoms with van der Waals surface area (Å²) < 4.78 is 0. The third kappa shape index (κ3) is 1.78. The monoisotopic (exact) mass is 232 g/mol. The number of ketones is 2. The molecule has 0 N–H and O–H groups in total. The minimum absolute atomic E-state index is 0. The first kappa shape index (κ1) is 12.2. The Morgan fingerprint density at radius 3 is 1.00 bits per heavy atom. The minimum atomic E-state index is -0.0641. The SMILES string of the molecule is O=C1c2ccccc2C(=O)c2ccccc21.[NaH]. The van der Waals surface area contributed by atoms with E-state index in [1.807, 2.05) is 0 Å². The van der Waals surface area contributed by atoms with Crippen molar-refractivity contribution in [3.63, 3.8) is 0 Å². The molecule has 2 aromatic rings. The zero-order valence-electron chi connectivity index (χ0n) is 8.44. The fraction of sp³-hybridized carbons (Fsp3) is 0. The number of rotatable bonds is 0. The third-order valence-electron chi connectivity index (χ3n) is 2.83. The second-order valence-electron chi connectivity index (χ2n) is 3.75. The summed E-state index contributed by atoms with van der Waals surface area (Å²) in [5.74, 6) is -0.128. The molecule has 0 atom stereocenters. The van der Waals surface area contributed by atoms with Crippen molar-refractivity contribution in [3.8, 4) is 0 Å². The molecule has 0 spiro atoms. The maximum atomic E-state index is 12.1. The number of hydrogen-bond donors (Lipinski definition) is 0. The van der Waals surface area contributed by atoms with E-state index < -0.39 is 0 Å². The summed E-state index contributed by atoms with van der Waals surface area (Å²) in [6.45, 7) is 0. The average Bonchev–Trinajstić information content (AvgIpc) is 2.36. The third-order valence-corrected chi connectivity index (χ3v) is 2.83. The molecule has 0 radical (unpaired) electrons. The van der Waals surface area contributed by atoms with Crippen LogP contribution in [0.3, 0.4) is 0 Å². The summed E-state index contributed by atoms with van der Waals surface area (Å²) in [6, 6.07) is 13.9. The summed E-state index contributed by atoms with van der Waals surface area (Å²) >= 11 is 0. The Morgan fingerprint density at radius 1 is 0.529 bits per heavy atom. The predicted molar refractivity (Wildman–Crippen MR) is 66.9 cm³/mol. The molecule has 78 valence electrons. The van der Waals surface area contributed by atoms with E-state index in [0.29, 0.717) is 22.3 Å². The van der Waals surface area contributed by atoms with Crippen LogP contribution in [0.1, 0.15) is 31.8 Å². The first-order valence-electron chi connectivity index (χ1n) is 5.06. The van der Waals surface area contributed by atoms with Gasteiger partial charge in [-0.3, -0.25) is 9.59 Å². The Bertz CT molecular complexity index is 512. The van der Waals surface area contributed by atoms with Gasteiger partial charge in [-0.1, -0.05) is 48.5 Å². The van der Waals surface area contributed by atoms with Crippen molar-refractivity contribution in [2.75, 3.05) is 0 Å². The number of hydrogen-bond acceptors (Lipinski definition) is 2. The predicted octanol–water partition coefficient (Wildman–Crippen LogP) is 1.81. The Labute approximate surface area is 121 Å². The van der Waals surface area contributed by atoms with Gasteiger partial charge in [-0.15, -0.1) is 0 Å². The van der Waals surface area contributed by atoms with Gasteiger partial charge in [0.05, 0.1) is 0 Å². The van der Waals surface area contributed by atoms with Crippen LogP contribution in [0, 0.1) is 0 Å². The van der Waals surface area contributed by atoms with Crippen molar-refractivity contribution < 1.29 is 9.59 Å². The molecule has 3 rings (SSSR count). The summed E-state index contributed by atoms with van der Waals surface area (Å²) in [5, 5.41) is 0. The van der Waals surface area contributed by atoms with E-state index in [1.165, 1.54) is 0 Å². The Morgan fingerprint density at radius 2 is 0.765 bits per heavy atom. The standard InChI is InChI=1S/C14H8O2.Na.H/c15-13-9-5-1-2-6-10(9)14(16)12-8-4-3-7-11(12)13;;/h1-8H;;. The number of carbonyl (C=O) groups is 2. The van der Waals surface area contributed by atoms with Gasteiger partial charge in [0.15, 0.2) is 11.6 Å². The van der Waals surface area contributed by atoms with E-state index in [2.05, 4.69) is 0 Å². The van der Waals surface area contributed by atoms with Crippen molar-refractivity contribution in [1.82, 2.24) is 0 Å². The van der Waals surface area contributed by atoms with Crippen LogP contribution < -0.4 is 0 Å². The molecule has 0 saturated carbocycles. The molecule has 2 aromatic carbocycles. The topological polar surface area (TPSA) is 34.1 Å². The van der Waals surface area contributed by atoms with E-state index >= 15 is 0 Å². The molecule has 0 bridgehead atoms. The van der Waals surface area contributed by atoms with Gasteiger partial charge in [0.25, 0.3) is 0 Å². The van der Waals surface area contributed by atoms with Crippen LogP contribution in [0.4, 0.5) is 0 Å². The van der Waals surface area contributed by atoms with Gasteiger partial charge in [-0.25, -0.2) is 0 Å². The molecule has 17 heavy (non-hydrogen) atoms. The molecule has 0 heterocycles. The number of benzene rings is 2. The normalized spacial score (nSPS) is 12.5. The fourth-order valence-electron chi connectivity index (χ4n) is 2.05. The van der Waals surface area contributed by atoms with Crippen LogP contribution in [-0.4, -0.2) is 41.1 Å². The quantitative estimate of drug-likeness (QED) is 0.554. The van der Waals surface area contributed by atoms with E-state index in [1.54, 1.807) is 48.5 Å². The average molecular weight is 232 g/mol. The van der Waals surface area contributed by atoms with Crippen LogP contribution in [0.15, 0.2) is 48.5 Å². The molecule has 2 nitrogen and oxygen atoms in total. The molecule has 1 aliphatic carbocycles. The first-order chi connectivity index (χ1) is 7.79. The Kier molecular flexibility index (Phi) is 3.29. The van der Waals surface area contributed by atoms with E-state index in [4.69, 9.17) is 0 Å². The molecule has 0 amide bonds. The van der Waals surface area contributed by atoms with Crippen molar-refractivity contribution in [1.29, 1.82) is 0 Å². The van der Waals surface area contributed by atoms with Crippen LogP contribution in [0.25, 0.3) is 0 Å². The maximum absolute atomic E-state index is 12.1. The number of carbonyl (C=O) groups excluding carboxylic acids is 2. The van der Waals surface area contributed by atoms with Crippen LogP contribution in [0.2, 0.25) is 0 Å². The van der Waals surface area contributed by atoms with Crippen molar-refractivity contribution in [3.05, 3.63) is 70.8 Å². The van der Waals surface area contributed by atoms with E-state index in [-0.39, 0.29) is 41.1 Å². The van der Waals surface area contributed by atoms with Gasteiger partial charge in [-0.2, -0.15) is 0 Å². The van der Waals surface area contributed by atoms with Crippen molar-refractivity contribution in [2.45, 2.75) is 0 Å². The second-order valence-corrected chi connectivity index (χ2v) is 3.75. The molecule has 0 aliphatic heterocycles. The summed E-state index contributed by atoms with van der Waals surface area (Å²) in [7, 11) is 0. The summed E-state index contributed by atoms with van der Waals surface area (Å²) in [6.07, 6.45) is 0. The Balaban J connectivity index is 0.00000108. The van der Waals surface area contributed by atoms with Gasteiger partial charge in [0.1, 0.15) is 0 Å². The summed E-state index contributed by atoms with van der Waals surface area (Å²) in [5.41, 5.74) is 2.02. The molecule has 0 fully saturated rings. The van der Waals surface area contributed by atoms with Crippen molar-refractivity contribution >= 4 is 41.1 Å². The molecule has 3 heteroatoms. The molecular formula is C14H9NaO2. The zero-order chi connectivity index (χ0) is 11.1. The van der Waals surface area contributed by atoms with E-state index in [0.717, 1.165) is 0 Å². The van der Waals surface area contributed by atoms with Gasteiger partial charge >= 0.3 is 29.6 Å². The molecule has 1 aliphatic rings. The second kappa shape index (κ2) is 4.57. The van der Waals surface area contributed by atoms with Gasteiger partial charge in [0, 0.05) is 22.3 Å². The zero-order valence-corrected chi connectivity index (χ0v) is 8.44. The molecule has 0 aromatic heterocycles. The van der Waals surface area contributed by atoms with Gasteiger partial charge in [0.2, 0.25) is 0 Å².